The molecule has 0 spiro atoms. The summed E-state index contributed by atoms with van der Waals surface area (Å²) in [4.78, 5) is 2.60. The van der Waals surface area contributed by atoms with Gasteiger partial charge < -0.3 is 9.47 Å². The highest BCUT2D eigenvalue weighted by atomic mass is 35.5. The Labute approximate surface area is 154 Å². The first kappa shape index (κ1) is 18.9. The maximum Gasteiger partial charge on any atom is 0.243 e. The van der Waals surface area contributed by atoms with Crippen molar-refractivity contribution >= 4 is 21.6 Å². The van der Waals surface area contributed by atoms with Gasteiger partial charge >= 0.3 is 0 Å². The van der Waals surface area contributed by atoms with Crippen molar-refractivity contribution in [1.29, 1.82) is 0 Å². The Kier molecular flexibility index (Phi) is 6.22. The molecule has 0 N–H and O–H groups in total. The molecule has 0 radical (unpaired) electrons. The van der Waals surface area contributed by atoms with E-state index in [2.05, 4.69) is 4.90 Å². The molecule has 1 atom stereocenters. The third-order valence-electron chi connectivity index (χ3n) is 4.86. The number of nitrogens with zero attached hydrogens (tertiary/aromatic N) is 2. The van der Waals surface area contributed by atoms with Crippen LogP contribution in [0.1, 0.15) is 12.8 Å². The summed E-state index contributed by atoms with van der Waals surface area (Å²) in [5, 5.41) is 0.311. The molecule has 1 aromatic carbocycles. The lowest BCUT2D eigenvalue weighted by molar-refractivity contribution is 0.0265. The van der Waals surface area contributed by atoms with Gasteiger partial charge in [0.1, 0.15) is 5.75 Å². The molecule has 140 valence electrons. The summed E-state index contributed by atoms with van der Waals surface area (Å²) < 4.78 is 38.0. The van der Waals surface area contributed by atoms with Crippen LogP contribution in [0.2, 0.25) is 5.02 Å². The monoisotopic (exact) mass is 388 g/mol. The highest BCUT2D eigenvalue weighted by Crippen LogP contribution is 2.30. The summed E-state index contributed by atoms with van der Waals surface area (Å²) >= 11 is 6.11. The zero-order valence-electron chi connectivity index (χ0n) is 14.5. The minimum Gasteiger partial charge on any atom is -0.495 e. The van der Waals surface area contributed by atoms with Crippen molar-refractivity contribution in [3.05, 3.63) is 23.2 Å². The molecule has 1 unspecified atom stereocenters. The predicted molar refractivity (Wildman–Crippen MR) is 96.7 cm³/mol. The predicted octanol–water partition coefficient (Wildman–Crippen LogP) is 2.08. The van der Waals surface area contributed by atoms with Crippen LogP contribution in [0.5, 0.6) is 5.75 Å². The quantitative estimate of drug-likeness (QED) is 0.773. The van der Waals surface area contributed by atoms with Crippen LogP contribution in [0.25, 0.3) is 0 Å². The molecule has 2 aliphatic heterocycles. The molecular formula is C17H25ClN2O4S. The number of benzene rings is 1. The van der Waals surface area contributed by atoms with Gasteiger partial charge in [-0.15, -0.1) is 0 Å². The molecular weight excluding hydrogens is 364 g/mol. The topological polar surface area (TPSA) is 59.1 Å². The van der Waals surface area contributed by atoms with Crippen LogP contribution >= 0.6 is 11.6 Å². The van der Waals surface area contributed by atoms with Crippen molar-refractivity contribution in [2.45, 2.75) is 17.7 Å². The Balaban J connectivity index is 1.69. The third kappa shape index (κ3) is 4.46. The van der Waals surface area contributed by atoms with Gasteiger partial charge in [-0.25, -0.2) is 8.42 Å². The number of ether oxygens (including phenoxy) is 2. The Hall–Kier alpha value is -0.860. The molecule has 0 aromatic heterocycles. The maximum atomic E-state index is 13.0. The van der Waals surface area contributed by atoms with Crippen LogP contribution in [-0.4, -0.2) is 70.7 Å². The van der Waals surface area contributed by atoms with E-state index in [1.54, 1.807) is 16.4 Å². The minimum absolute atomic E-state index is 0.227. The molecule has 0 saturated carbocycles. The Morgan fingerprint density at radius 1 is 1.28 bits per heavy atom. The Bertz CT molecular complexity index is 692. The molecule has 2 heterocycles. The molecule has 1 aromatic rings. The fourth-order valence-electron chi connectivity index (χ4n) is 3.50. The fraction of sp³-hybridized carbons (Fsp3) is 0.647. The van der Waals surface area contributed by atoms with E-state index in [4.69, 9.17) is 21.1 Å². The van der Waals surface area contributed by atoms with Crippen LogP contribution in [0.4, 0.5) is 0 Å². The van der Waals surface area contributed by atoms with E-state index < -0.39 is 10.0 Å². The van der Waals surface area contributed by atoms with Crippen molar-refractivity contribution in [3.8, 4) is 5.75 Å². The first-order chi connectivity index (χ1) is 12.0. The summed E-state index contributed by atoms with van der Waals surface area (Å²) in [5.41, 5.74) is 0. The van der Waals surface area contributed by atoms with Gasteiger partial charge in [-0.3, -0.25) is 4.90 Å². The number of piperidine rings is 1. The highest BCUT2D eigenvalue weighted by Gasteiger charge is 2.31. The lowest BCUT2D eigenvalue weighted by Gasteiger charge is -2.36. The van der Waals surface area contributed by atoms with Gasteiger partial charge in [-0.2, -0.15) is 4.31 Å². The maximum absolute atomic E-state index is 13.0. The Morgan fingerprint density at radius 3 is 2.72 bits per heavy atom. The fourth-order valence-corrected chi connectivity index (χ4v) is 5.40. The lowest BCUT2D eigenvalue weighted by Crippen LogP contribution is -2.46. The van der Waals surface area contributed by atoms with Gasteiger partial charge in [-0.1, -0.05) is 11.6 Å². The molecule has 3 rings (SSSR count). The first-order valence-electron chi connectivity index (χ1n) is 8.64. The average molecular weight is 389 g/mol. The van der Waals surface area contributed by atoms with E-state index in [0.29, 0.717) is 29.8 Å². The van der Waals surface area contributed by atoms with E-state index >= 15 is 0 Å². The SMILES string of the molecule is COc1ccc(S(=O)(=O)N2CCCC(CN3CCOCC3)C2)cc1Cl. The zero-order valence-corrected chi connectivity index (χ0v) is 16.1. The van der Waals surface area contributed by atoms with Crippen LogP contribution in [0, 0.1) is 5.92 Å². The molecule has 0 bridgehead atoms. The van der Waals surface area contributed by atoms with E-state index in [-0.39, 0.29) is 4.90 Å². The third-order valence-corrected chi connectivity index (χ3v) is 7.02. The van der Waals surface area contributed by atoms with Crippen LogP contribution in [0.15, 0.2) is 23.1 Å². The largest absolute Gasteiger partial charge is 0.495 e. The number of morpholine rings is 1. The number of sulfonamides is 1. The number of rotatable bonds is 5. The summed E-state index contributed by atoms with van der Waals surface area (Å²) in [7, 11) is -2.02. The van der Waals surface area contributed by atoms with Gasteiger partial charge in [0.25, 0.3) is 0 Å². The van der Waals surface area contributed by atoms with Crippen molar-refractivity contribution in [2.24, 2.45) is 5.92 Å². The van der Waals surface area contributed by atoms with Crippen LogP contribution in [-0.2, 0) is 14.8 Å². The minimum atomic E-state index is -3.53. The van der Waals surface area contributed by atoms with Crippen molar-refractivity contribution in [2.75, 3.05) is 53.0 Å². The number of halogens is 1. The number of hydrogen-bond donors (Lipinski definition) is 0. The summed E-state index contributed by atoms with van der Waals surface area (Å²) in [6, 6.07) is 4.64. The normalized spacial score (nSPS) is 23.5. The Morgan fingerprint density at radius 2 is 2.04 bits per heavy atom. The number of methoxy groups -OCH3 is 1. The molecule has 2 saturated heterocycles. The average Bonchev–Trinajstić information content (AvgIpc) is 2.62. The van der Waals surface area contributed by atoms with Crippen molar-refractivity contribution < 1.29 is 17.9 Å². The summed E-state index contributed by atoms with van der Waals surface area (Å²) in [6.07, 6.45) is 1.95. The van der Waals surface area contributed by atoms with E-state index in [1.807, 2.05) is 0 Å². The van der Waals surface area contributed by atoms with Gasteiger partial charge in [0, 0.05) is 32.7 Å². The second-order valence-electron chi connectivity index (χ2n) is 6.58. The van der Waals surface area contributed by atoms with Crippen LogP contribution < -0.4 is 4.74 Å². The summed E-state index contributed by atoms with van der Waals surface area (Å²) in [5.74, 6) is 0.833. The zero-order chi connectivity index (χ0) is 17.9. The van der Waals surface area contributed by atoms with E-state index in [9.17, 15) is 8.42 Å². The molecule has 6 nitrogen and oxygen atoms in total. The first-order valence-corrected chi connectivity index (χ1v) is 10.5. The molecule has 0 aliphatic carbocycles. The second kappa shape index (κ2) is 8.22. The van der Waals surface area contributed by atoms with Gasteiger partial charge in [0.2, 0.25) is 10.0 Å². The highest BCUT2D eigenvalue weighted by molar-refractivity contribution is 7.89. The number of hydrogen-bond acceptors (Lipinski definition) is 5. The van der Waals surface area contributed by atoms with Crippen LogP contribution in [0.3, 0.4) is 0 Å². The van der Waals surface area contributed by atoms with Crippen molar-refractivity contribution in [1.82, 2.24) is 9.21 Å². The van der Waals surface area contributed by atoms with Gasteiger partial charge in [0.15, 0.2) is 0 Å². The summed E-state index contributed by atoms with van der Waals surface area (Å²) in [6.45, 7) is 5.43. The smallest absolute Gasteiger partial charge is 0.243 e. The second-order valence-corrected chi connectivity index (χ2v) is 8.93. The van der Waals surface area contributed by atoms with E-state index in [0.717, 1.165) is 45.7 Å². The molecule has 0 amide bonds. The van der Waals surface area contributed by atoms with Gasteiger partial charge in [0.05, 0.1) is 30.2 Å². The molecule has 2 aliphatic rings. The molecule has 8 heteroatoms. The standard InChI is InChI=1S/C17H25ClN2O4S/c1-23-17-5-4-15(11-16(17)18)25(21,22)20-6-2-3-14(13-20)12-19-7-9-24-10-8-19/h4-5,11,14H,2-3,6-10,12-13H2,1H3. The lowest BCUT2D eigenvalue weighted by atomic mass is 9.99. The molecule has 25 heavy (non-hydrogen) atoms. The van der Waals surface area contributed by atoms with E-state index in [1.165, 1.54) is 13.2 Å². The van der Waals surface area contributed by atoms with Crippen molar-refractivity contribution in [3.63, 3.8) is 0 Å². The molecule has 2 fully saturated rings. The van der Waals surface area contributed by atoms with Gasteiger partial charge in [-0.05, 0) is 37.0 Å².